The Morgan fingerprint density at radius 1 is 0.900 bits per heavy atom. The minimum Gasteiger partial charge on any atom is -0.497 e. The molecule has 0 saturated heterocycles. The number of amides is 2. The summed E-state index contributed by atoms with van der Waals surface area (Å²) in [5, 5.41) is 19.8. The number of nitrogens with one attached hydrogen (secondary N) is 4. The Hall–Kier alpha value is -4.08. The van der Waals surface area contributed by atoms with Crippen molar-refractivity contribution in [3.05, 3.63) is 54.7 Å². The third kappa shape index (κ3) is 6.23. The topological polar surface area (TPSA) is 122 Å². The van der Waals surface area contributed by atoms with E-state index in [1.54, 1.807) is 50.7 Å². The van der Waals surface area contributed by atoms with Gasteiger partial charge in [-0.05, 0) is 24.3 Å². The molecule has 0 bridgehead atoms. The molecule has 0 radical (unpaired) electrons. The zero-order valence-corrected chi connectivity index (χ0v) is 16.7. The Labute approximate surface area is 174 Å². The number of pyridine rings is 1. The standard InChI is InChI=1S/C20H23N7O3/c1-29-15-11-14(12-16(13-15)30-2)24-20(28)23-10-9-22-18-6-7-19(27-26-18)25-17-5-3-4-8-21-17/h3-8,11-13H,9-10H2,1-2H3,(H,22,26)(H,21,25,27)(H2,23,24,28). The van der Waals surface area contributed by atoms with Crippen LogP contribution >= 0.6 is 0 Å². The van der Waals surface area contributed by atoms with Crippen LogP contribution in [0.5, 0.6) is 11.5 Å². The second-order valence-electron chi connectivity index (χ2n) is 6.05. The lowest BCUT2D eigenvalue weighted by Gasteiger charge is -2.11. The molecule has 0 spiro atoms. The zero-order valence-electron chi connectivity index (χ0n) is 16.7. The molecule has 0 saturated carbocycles. The number of aromatic nitrogens is 3. The number of carbonyl (C=O) groups is 1. The molecule has 3 aromatic rings. The van der Waals surface area contributed by atoms with E-state index in [1.165, 1.54) is 0 Å². The minimum atomic E-state index is -0.340. The second-order valence-corrected chi connectivity index (χ2v) is 6.05. The summed E-state index contributed by atoms with van der Waals surface area (Å²) in [6.45, 7) is 0.874. The normalized spacial score (nSPS) is 10.1. The highest BCUT2D eigenvalue weighted by atomic mass is 16.5. The first-order valence-corrected chi connectivity index (χ1v) is 9.20. The van der Waals surface area contributed by atoms with Gasteiger partial charge in [0.05, 0.1) is 14.2 Å². The third-order valence-corrected chi connectivity index (χ3v) is 3.91. The van der Waals surface area contributed by atoms with Crippen molar-refractivity contribution in [2.45, 2.75) is 0 Å². The molecule has 3 rings (SSSR count). The van der Waals surface area contributed by atoms with Gasteiger partial charge in [-0.3, -0.25) is 0 Å². The van der Waals surface area contributed by atoms with E-state index < -0.39 is 0 Å². The molecule has 2 aromatic heterocycles. The Kier molecular flexibility index (Phi) is 7.20. The van der Waals surface area contributed by atoms with Crippen LogP contribution in [0.4, 0.5) is 27.9 Å². The predicted molar refractivity (Wildman–Crippen MR) is 115 cm³/mol. The maximum atomic E-state index is 12.1. The van der Waals surface area contributed by atoms with Crippen LogP contribution in [0, 0.1) is 0 Å². The zero-order chi connectivity index (χ0) is 21.2. The molecule has 0 aliphatic carbocycles. The van der Waals surface area contributed by atoms with Crippen molar-refractivity contribution in [3.8, 4) is 11.5 Å². The second kappa shape index (κ2) is 10.5. The van der Waals surface area contributed by atoms with E-state index in [0.29, 0.717) is 47.7 Å². The van der Waals surface area contributed by atoms with Gasteiger partial charge in [0.15, 0.2) is 5.82 Å². The number of rotatable bonds is 9. The van der Waals surface area contributed by atoms with Crippen LogP contribution in [0.25, 0.3) is 0 Å². The summed E-state index contributed by atoms with van der Waals surface area (Å²) in [6, 6.07) is 13.9. The summed E-state index contributed by atoms with van der Waals surface area (Å²) in [6.07, 6.45) is 1.69. The molecule has 2 amide bonds. The number of urea groups is 1. The van der Waals surface area contributed by atoms with Gasteiger partial charge in [-0.25, -0.2) is 9.78 Å². The fourth-order valence-corrected chi connectivity index (χ4v) is 2.48. The van der Waals surface area contributed by atoms with Crippen molar-refractivity contribution in [1.82, 2.24) is 20.5 Å². The summed E-state index contributed by atoms with van der Waals surface area (Å²) in [4.78, 5) is 16.2. The number of carbonyl (C=O) groups excluding carboxylic acids is 1. The molecule has 4 N–H and O–H groups in total. The smallest absolute Gasteiger partial charge is 0.319 e. The molecular formula is C20H23N7O3. The monoisotopic (exact) mass is 409 g/mol. The fourth-order valence-electron chi connectivity index (χ4n) is 2.48. The highest BCUT2D eigenvalue weighted by Crippen LogP contribution is 2.25. The predicted octanol–water partition coefficient (Wildman–Crippen LogP) is 2.87. The number of methoxy groups -OCH3 is 2. The quantitative estimate of drug-likeness (QED) is 0.398. The Morgan fingerprint density at radius 2 is 1.63 bits per heavy atom. The molecule has 1 aromatic carbocycles. The highest BCUT2D eigenvalue weighted by molar-refractivity contribution is 5.89. The fraction of sp³-hybridized carbons (Fsp3) is 0.200. The van der Waals surface area contributed by atoms with Crippen LogP contribution in [0.15, 0.2) is 54.7 Å². The van der Waals surface area contributed by atoms with E-state index in [0.717, 1.165) is 0 Å². The third-order valence-electron chi connectivity index (χ3n) is 3.91. The number of benzene rings is 1. The maximum Gasteiger partial charge on any atom is 0.319 e. The van der Waals surface area contributed by atoms with Gasteiger partial charge >= 0.3 is 6.03 Å². The molecule has 0 unspecified atom stereocenters. The van der Waals surface area contributed by atoms with Gasteiger partial charge in [0, 0.05) is 43.2 Å². The molecule has 30 heavy (non-hydrogen) atoms. The summed E-state index contributed by atoms with van der Waals surface area (Å²) < 4.78 is 10.4. The average Bonchev–Trinajstić information content (AvgIpc) is 2.78. The van der Waals surface area contributed by atoms with E-state index >= 15 is 0 Å². The largest absolute Gasteiger partial charge is 0.497 e. The summed E-state index contributed by atoms with van der Waals surface area (Å²) in [5.41, 5.74) is 0.568. The molecule has 10 nitrogen and oxygen atoms in total. The van der Waals surface area contributed by atoms with E-state index in [4.69, 9.17) is 9.47 Å². The lowest BCUT2D eigenvalue weighted by molar-refractivity contribution is 0.252. The first-order valence-electron chi connectivity index (χ1n) is 9.20. The Balaban J connectivity index is 1.41. The van der Waals surface area contributed by atoms with Crippen molar-refractivity contribution in [2.24, 2.45) is 0 Å². The SMILES string of the molecule is COc1cc(NC(=O)NCCNc2ccc(Nc3ccccn3)nn2)cc(OC)c1. The summed E-state index contributed by atoms with van der Waals surface area (Å²) in [7, 11) is 3.10. The number of hydrogen-bond acceptors (Lipinski definition) is 8. The summed E-state index contributed by atoms with van der Waals surface area (Å²) in [5.74, 6) is 3.06. The number of ether oxygens (including phenoxy) is 2. The van der Waals surface area contributed by atoms with E-state index in [1.807, 2.05) is 18.2 Å². The van der Waals surface area contributed by atoms with Crippen LogP contribution in [-0.2, 0) is 0 Å². The molecule has 10 heteroatoms. The molecule has 156 valence electrons. The van der Waals surface area contributed by atoms with Crippen molar-refractivity contribution < 1.29 is 14.3 Å². The Morgan fingerprint density at radius 3 is 2.27 bits per heavy atom. The first kappa shape index (κ1) is 20.6. The first-order chi connectivity index (χ1) is 14.7. The van der Waals surface area contributed by atoms with Gasteiger partial charge in [-0.1, -0.05) is 6.07 Å². The van der Waals surface area contributed by atoms with Gasteiger partial charge < -0.3 is 30.7 Å². The molecule has 0 fully saturated rings. The highest BCUT2D eigenvalue weighted by Gasteiger charge is 2.06. The lowest BCUT2D eigenvalue weighted by Crippen LogP contribution is -2.32. The van der Waals surface area contributed by atoms with Gasteiger partial charge in [-0.15, -0.1) is 10.2 Å². The number of hydrogen-bond donors (Lipinski definition) is 4. The van der Waals surface area contributed by atoms with Crippen molar-refractivity contribution >= 4 is 29.2 Å². The van der Waals surface area contributed by atoms with Crippen LogP contribution in [-0.4, -0.2) is 48.5 Å². The van der Waals surface area contributed by atoms with E-state index in [-0.39, 0.29) is 6.03 Å². The Bertz CT molecular complexity index is 930. The van der Waals surface area contributed by atoms with Crippen LogP contribution in [0.3, 0.4) is 0 Å². The summed E-state index contributed by atoms with van der Waals surface area (Å²) >= 11 is 0. The average molecular weight is 409 g/mol. The molecular weight excluding hydrogens is 386 g/mol. The maximum absolute atomic E-state index is 12.1. The van der Waals surface area contributed by atoms with Gasteiger partial charge in [0.2, 0.25) is 0 Å². The van der Waals surface area contributed by atoms with Crippen LogP contribution in [0.2, 0.25) is 0 Å². The van der Waals surface area contributed by atoms with Crippen molar-refractivity contribution in [1.29, 1.82) is 0 Å². The number of anilines is 4. The molecule has 2 heterocycles. The van der Waals surface area contributed by atoms with Crippen molar-refractivity contribution in [2.75, 3.05) is 43.3 Å². The molecule has 0 aliphatic heterocycles. The van der Waals surface area contributed by atoms with E-state index in [2.05, 4.69) is 36.4 Å². The van der Waals surface area contributed by atoms with Crippen LogP contribution < -0.4 is 30.7 Å². The lowest BCUT2D eigenvalue weighted by atomic mass is 10.3. The van der Waals surface area contributed by atoms with Crippen LogP contribution in [0.1, 0.15) is 0 Å². The van der Waals surface area contributed by atoms with Gasteiger partial charge in [-0.2, -0.15) is 0 Å². The molecule has 0 atom stereocenters. The van der Waals surface area contributed by atoms with Gasteiger partial charge in [0.25, 0.3) is 0 Å². The van der Waals surface area contributed by atoms with Crippen molar-refractivity contribution in [3.63, 3.8) is 0 Å². The number of nitrogens with zero attached hydrogens (tertiary/aromatic N) is 3. The van der Waals surface area contributed by atoms with Gasteiger partial charge in [0.1, 0.15) is 23.1 Å². The molecule has 0 aliphatic rings. The van der Waals surface area contributed by atoms with E-state index in [9.17, 15) is 4.79 Å². The minimum absolute atomic E-state index is 0.340.